The topological polar surface area (TPSA) is 198 Å². The van der Waals surface area contributed by atoms with Crippen molar-refractivity contribution in [3.63, 3.8) is 0 Å². The number of anilines is 1. The van der Waals surface area contributed by atoms with Gasteiger partial charge in [-0.2, -0.15) is 9.97 Å². The standard InChI is InChI=1S/C18H25ClN5O9P/c1-31-16(27)18(4-2-3-5-18)23-13-10-14(22-17(19)21-13)24(7-20-10)15-12(26)11(25)9(33-15)6-32-8-34(28,29)30/h7,9,11-12,15,25-26H,2-6,8H2,1H3,(H,21,22,23)(H2,28,29,30)/t9-,11-,12-,15?/m1/s1. The lowest BCUT2D eigenvalue weighted by molar-refractivity contribution is -0.145. The van der Waals surface area contributed by atoms with Crippen molar-refractivity contribution in [3.8, 4) is 0 Å². The van der Waals surface area contributed by atoms with Crippen molar-refractivity contribution in [2.24, 2.45) is 0 Å². The van der Waals surface area contributed by atoms with Crippen LogP contribution in [0.1, 0.15) is 31.9 Å². The number of halogens is 1. The minimum atomic E-state index is -4.40. The Hall–Kier alpha value is -1.90. The van der Waals surface area contributed by atoms with Crippen molar-refractivity contribution in [2.75, 3.05) is 25.4 Å². The smallest absolute Gasteiger partial charge is 0.350 e. The van der Waals surface area contributed by atoms with Crippen molar-refractivity contribution in [3.05, 3.63) is 11.6 Å². The molecule has 2 aliphatic rings. The van der Waals surface area contributed by atoms with Gasteiger partial charge in [0.05, 0.1) is 20.0 Å². The minimum absolute atomic E-state index is 0.149. The summed E-state index contributed by atoms with van der Waals surface area (Å²) in [6, 6.07) is 0. The largest absolute Gasteiger partial charge is 0.467 e. The summed E-state index contributed by atoms with van der Waals surface area (Å²) in [5, 5.41) is 23.9. The molecule has 4 rings (SSSR count). The van der Waals surface area contributed by atoms with Gasteiger partial charge in [-0.1, -0.05) is 12.8 Å². The molecule has 2 aromatic heterocycles. The molecule has 2 aromatic rings. The van der Waals surface area contributed by atoms with Crippen LogP contribution in [0.4, 0.5) is 5.82 Å². The monoisotopic (exact) mass is 521 g/mol. The number of hydrogen-bond acceptors (Lipinski definition) is 11. The van der Waals surface area contributed by atoms with E-state index in [0.717, 1.165) is 12.8 Å². The van der Waals surface area contributed by atoms with Crippen molar-refractivity contribution in [2.45, 2.75) is 55.8 Å². The molecule has 3 heterocycles. The first-order chi connectivity index (χ1) is 16.0. The molecule has 5 N–H and O–H groups in total. The number of methoxy groups -OCH3 is 1. The van der Waals surface area contributed by atoms with Gasteiger partial charge in [-0.25, -0.2) is 9.78 Å². The number of aliphatic hydroxyl groups excluding tert-OH is 2. The van der Waals surface area contributed by atoms with Gasteiger partial charge in [0.1, 0.15) is 30.2 Å². The SMILES string of the molecule is COC(=O)C1(Nc2nc(Cl)nc3c2ncn3C2O[C@H](COCP(=O)(O)O)[C@@H](O)[C@H]2O)CCCC1. The van der Waals surface area contributed by atoms with Crippen LogP contribution in [0, 0.1) is 0 Å². The van der Waals surface area contributed by atoms with Crippen molar-refractivity contribution < 1.29 is 43.6 Å². The second kappa shape index (κ2) is 9.63. The van der Waals surface area contributed by atoms with Gasteiger partial charge < -0.3 is 39.5 Å². The van der Waals surface area contributed by atoms with Gasteiger partial charge in [0.2, 0.25) is 5.28 Å². The third-order valence-corrected chi connectivity index (χ3v) is 6.63. The van der Waals surface area contributed by atoms with Crippen LogP contribution < -0.4 is 5.32 Å². The predicted molar refractivity (Wildman–Crippen MR) is 116 cm³/mol. The quantitative estimate of drug-likeness (QED) is 0.179. The first kappa shape index (κ1) is 25.2. The van der Waals surface area contributed by atoms with Gasteiger partial charge in [-0.15, -0.1) is 0 Å². The van der Waals surface area contributed by atoms with Crippen LogP contribution in [0.15, 0.2) is 6.33 Å². The first-order valence-corrected chi connectivity index (χ1v) is 12.6. The maximum absolute atomic E-state index is 12.5. The highest BCUT2D eigenvalue weighted by atomic mass is 35.5. The minimum Gasteiger partial charge on any atom is -0.467 e. The highest BCUT2D eigenvalue weighted by Gasteiger charge is 2.46. The summed E-state index contributed by atoms with van der Waals surface area (Å²) in [6.07, 6.45) is -1.87. The molecule has 1 aliphatic carbocycles. The molecule has 4 atom stereocenters. The number of carbonyl (C=O) groups excluding carboxylic acids is 1. The number of rotatable bonds is 8. The third-order valence-electron chi connectivity index (χ3n) is 5.94. The van der Waals surface area contributed by atoms with E-state index in [1.165, 1.54) is 18.0 Å². The lowest BCUT2D eigenvalue weighted by Crippen LogP contribution is -2.45. The van der Waals surface area contributed by atoms with E-state index in [0.29, 0.717) is 12.8 Å². The second-order valence-corrected chi connectivity index (χ2v) is 10.2. The summed E-state index contributed by atoms with van der Waals surface area (Å²) in [4.78, 5) is 43.0. The molecule has 0 bridgehead atoms. The number of imidazole rings is 1. The Morgan fingerprint density at radius 1 is 1.32 bits per heavy atom. The van der Waals surface area contributed by atoms with E-state index in [-0.39, 0.29) is 28.9 Å². The number of nitrogens with zero attached hydrogens (tertiary/aromatic N) is 4. The van der Waals surface area contributed by atoms with E-state index in [9.17, 15) is 19.6 Å². The molecule has 0 radical (unpaired) electrons. The summed E-state index contributed by atoms with van der Waals surface area (Å²) >= 11 is 6.14. The Kier molecular flexibility index (Phi) is 7.14. The number of aromatic nitrogens is 4. The fourth-order valence-corrected chi connectivity index (χ4v) is 4.84. The van der Waals surface area contributed by atoms with Gasteiger partial charge in [-0.3, -0.25) is 9.13 Å². The Labute approximate surface area is 198 Å². The molecule has 2 fully saturated rings. The zero-order valence-electron chi connectivity index (χ0n) is 18.1. The van der Waals surface area contributed by atoms with E-state index < -0.39 is 50.0 Å². The van der Waals surface area contributed by atoms with Crippen LogP contribution >= 0.6 is 19.2 Å². The van der Waals surface area contributed by atoms with Crippen LogP contribution in [0.3, 0.4) is 0 Å². The van der Waals surface area contributed by atoms with E-state index in [1.807, 2.05) is 0 Å². The third kappa shape index (κ3) is 4.90. The zero-order valence-corrected chi connectivity index (χ0v) is 19.7. The molecule has 0 amide bonds. The maximum atomic E-state index is 12.5. The van der Waals surface area contributed by atoms with E-state index in [1.54, 1.807) is 0 Å². The Balaban J connectivity index is 1.61. The molecular formula is C18H25ClN5O9P. The van der Waals surface area contributed by atoms with E-state index in [4.69, 9.17) is 35.6 Å². The number of fused-ring (bicyclic) bond motifs is 1. The Bertz CT molecular complexity index is 1100. The Morgan fingerprint density at radius 3 is 2.68 bits per heavy atom. The number of aliphatic hydroxyl groups is 2. The highest BCUT2D eigenvalue weighted by molar-refractivity contribution is 7.51. The lowest BCUT2D eigenvalue weighted by atomic mass is 9.98. The lowest BCUT2D eigenvalue weighted by Gasteiger charge is -2.27. The molecule has 34 heavy (non-hydrogen) atoms. The molecule has 1 unspecified atom stereocenters. The van der Waals surface area contributed by atoms with Crippen LogP contribution in [-0.4, -0.2) is 89.4 Å². The summed E-state index contributed by atoms with van der Waals surface area (Å²) < 4.78 is 27.9. The average Bonchev–Trinajstić information content (AvgIpc) is 3.47. The molecule has 0 aromatic carbocycles. The van der Waals surface area contributed by atoms with Gasteiger partial charge >= 0.3 is 13.6 Å². The summed E-state index contributed by atoms with van der Waals surface area (Å²) in [7, 11) is -3.09. The molecule has 1 saturated carbocycles. The normalized spacial score (nSPS) is 26.8. The summed E-state index contributed by atoms with van der Waals surface area (Å²) in [5.74, 6) is -0.223. The van der Waals surface area contributed by atoms with Crippen LogP contribution in [-0.2, 0) is 23.6 Å². The molecule has 1 saturated heterocycles. The predicted octanol–water partition coefficient (Wildman–Crippen LogP) is 0.148. The molecule has 1 aliphatic heterocycles. The molecule has 0 spiro atoms. The van der Waals surface area contributed by atoms with Crippen molar-refractivity contribution in [1.29, 1.82) is 0 Å². The van der Waals surface area contributed by atoms with Crippen LogP contribution in [0.5, 0.6) is 0 Å². The van der Waals surface area contributed by atoms with E-state index in [2.05, 4.69) is 20.3 Å². The highest BCUT2D eigenvalue weighted by Crippen LogP contribution is 2.38. The zero-order chi connectivity index (χ0) is 24.7. The van der Waals surface area contributed by atoms with Gasteiger partial charge in [0, 0.05) is 0 Å². The Morgan fingerprint density at radius 2 is 2.03 bits per heavy atom. The molecule has 16 heteroatoms. The number of carbonyl (C=O) groups is 1. The first-order valence-electron chi connectivity index (χ1n) is 10.5. The summed E-state index contributed by atoms with van der Waals surface area (Å²) in [5.41, 5.74) is -0.552. The molecule has 188 valence electrons. The fourth-order valence-electron chi connectivity index (χ4n) is 4.33. The van der Waals surface area contributed by atoms with Gasteiger partial charge in [0.25, 0.3) is 0 Å². The number of esters is 1. The number of ether oxygens (including phenoxy) is 3. The maximum Gasteiger partial charge on any atom is 0.350 e. The number of hydrogen-bond donors (Lipinski definition) is 5. The van der Waals surface area contributed by atoms with E-state index >= 15 is 0 Å². The average molecular weight is 522 g/mol. The van der Waals surface area contributed by atoms with Gasteiger partial charge in [0.15, 0.2) is 23.2 Å². The fraction of sp³-hybridized carbons (Fsp3) is 0.667. The van der Waals surface area contributed by atoms with Gasteiger partial charge in [-0.05, 0) is 24.4 Å². The van der Waals surface area contributed by atoms with Crippen LogP contribution in [0.2, 0.25) is 5.28 Å². The summed E-state index contributed by atoms with van der Waals surface area (Å²) in [6.45, 7) is -0.364. The second-order valence-electron chi connectivity index (χ2n) is 8.28. The molecule has 14 nitrogen and oxygen atoms in total. The van der Waals surface area contributed by atoms with Crippen molar-refractivity contribution in [1.82, 2.24) is 19.5 Å². The number of nitrogens with one attached hydrogen (secondary N) is 1. The molecular weight excluding hydrogens is 497 g/mol. The van der Waals surface area contributed by atoms with Crippen LogP contribution in [0.25, 0.3) is 11.2 Å². The van der Waals surface area contributed by atoms with Crippen molar-refractivity contribution >= 4 is 42.1 Å².